The maximum atomic E-state index is 9.56. The van der Waals surface area contributed by atoms with Gasteiger partial charge in [-0.2, -0.15) is 0 Å². The number of carbonyl (C=O) groups excluding carboxylic acids is 1. The van der Waals surface area contributed by atoms with Gasteiger partial charge in [-0.1, -0.05) is 13.3 Å². The quantitative estimate of drug-likeness (QED) is 0.366. The second-order valence-electron chi connectivity index (χ2n) is 5.88. The number of hydrogen-bond acceptors (Lipinski definition) is 5. The van der Waals surface area contributed by atoms with Gasteiger partial charge in [-0.3, -0.25) is 0 Å². The summed E-state index contributed by atoms with van der Waals surface area (Å²) in [5.74, 6) is -2.80. The Bertz CT molecular complexity index is 319. The lowest BCUT2D eigenvalue weighted by atomic mass is 10.1. The molecule has 0 aromatic heterocycles. The zero-order valence-electron chi connectivity index (χ0n) is 13.9. The molecule has 7 nitrogen and oxygen atoms in total. The molecule has 0 aromatic rings. The first kappa shape index (κ1) is 22.8. The van der Waals surface area contributed by atoms with E-state index in [2.05, 4.69) is 33.0 Å². The zero-order valence-corrected chi connectivity index (χ0v) is 13.9. The molecule has 0 saturated heterocycles. The number of aliphatic hydroxyl groups excluding tert-OH is 1. The minimum Gasteiger partial charge on any atom is -0.545 e. The van der Waals surface area contributed by atoms with Crippen LogP contribution in [0.1, 0.15) is 40.5 Å². The van der Waals surface area contributed by atoms with Gasteiger partial charge in [-0.25, -0.2) is 4.79 Å². The number of carboxylic acid groups (broad SMARTS) is 2. The van der Waals surface area contributed by atoms with Crippen LogP contribution in [0.25, 0.3) is 0 Å². The summed E-state index contributed by atoms with van der Waals surface area (Å²) in [7, 11) is 0. The molecule has 0 heterocycles. The van der Waals surface area contributed by atoms with Gasteiger partial charge in [0.1, 0.15) is 12.6 Å². The molecule has 4 N–H and O–H groups in total. The number of nitrogens with two attached hydrogens (primary N) is 1. The highest BCUT2D eigenvalue weighted by Gasteiger charge is 2.15. The van der Waals surface area contributed by atoms with Crippen LogP contribution in [0.5, 0.6) is 0 Å². The van der Waals surface area contributed by atoms with Crippen LogP contribution in [0.2, 0.25) is 0 Å². The second kappa shape index (κ2) is 13.2. The maximum absolute atomic E-state index is 9.56. The Balaban J connectivity index is 0. The lowest BCUT2D eigenvalue weighted by Gasteiger charge is -2.19. The van der Waals surface area contributed by atoms with E-state index < -0.39 is 11.9 Å². The van der Waals surface area contributed by atoms with Gasteiger partial charge in [-0.05, 0) is 33.3 Å². The van der Waals surface area contributed by atoms with Crippen LogP contribution in [0, 0.1) is 0 Å². The number of unbranched alkanes of at least 4 members (excludes halogenated alkanes) is 1. The van der Waals surface area contributed by atoms with Crippen LogP contribution in [0.4, 0.5) is 0 Å². The molecule has 0 aliphatic rings. The molecule has 0 bridgehead atoms. The van der Waals surface area contributed by atoms with E-state index in [0.717, 1.165) is 26.0 Å². The number of rotatable bonds is 9. The Labute approximate surface area is 132 Å². The fraction of sp³-hybridized carbons (Fsp3) is 0.733. The molecule has 0 rings (SSSR count). The molecular weight excluding hydrogens is 290 g/mol. The lowest BCUT2D eigenvalue weighted by Crippen LogP contribution is -2.96. The van der Waals surface area contributed by atoms with E-state index in [0.29, 0.717) is 18.8 Å². The molecule has 0 aliphatic heterocycles. The Hall–Kier alpha value is -1.44. The number of carboxylic acids is 2. The largest absolute Gasteiger partial charge is 0.545 e. The monoisotopic (exact) mass is 319 g/mol. The first-order valence-electron chi connectivity index (χ1n) is 7.30. The van der Waals surface area contributed by atoms with E-state index in [4.69, 9.17) is 9.84 Å². The fourth-order valence-electron chi connectivity index (χ4n) is 1.16. The molecule has 0 aliphatic carbocycles. The van der Waals surface area contributed by atoms with Crippen molar-refractivity contribution in [3.05, 3.63) is 12.2 Å². The smallest absolute Gasteiger partial charge is 0.328 e. The summed E-state index contributed by atoms with van der Waals surface area (Å²) < 4.78 is 5.33. The third kappa shape index (κ3) is 23.6. The zero-order chi connectivity index (χ0) is 17.6. The summed E-state index contributed by atoms with van der Waals surface area (Å²) in [6, 6.07) is 0. The van der Waals surface area contributed by atoms with Gasteiger partial charge in [0, 0.05) is 12.7 Å². The van der Waals surface area contributed by atoms with Gasteiger partial charge in [0.25, 0.3) is 0 Å². The average molecular weight is 319 g/mol. The average Bonchev–Trinajstić information content (AvgIpc) is 2.39. The van der Waals surface area contributed by atoms with Crippen LogP contribution >= 0.6 is 0 Å². The van der Waals surface area contributed by atoms with Crippen molar-refractivity contribution in [1.29, 1.82) is 0 Å². The van der Waals surface area contributed by atoms with Crippen molar-refractivity contribution in [3.63, 3.8) is 0 Å². The van der Waals surface area contributed by atoms with Crippen LogP contribution in [-0.4, -0.2) is 53.6 Å². The number of quaternary nitrogens is 1. The molecular formula is C15H29NO6. The van der Waals surface area contributed by atoms with Crippen LogP contribution < -0.4 is 10.4 Å². The maximum Gasteiger partial charge on any atom is 0.328 e. The number of hydrogen-bond donors (Lipinski definition) is 3. The van der Waals surface area contributed by atoms with Gasteiger partial charge >= 0.3 is 5.97 Å². The summed E-state index contributed by atoms with van der Waals surface area (Å²) >= 11 is 0. The van der Waals surface area contributed by atoms with Crippen molar-refractivity contribution in [2.45, 2.75) is 52.2 Å². The fourth-order valence-corrected chi connectivity index (χ4v) is 1.16. The predicted octanol–water partition coefficient (Wildman–Crippen LogP) is -1.10. The Kier molecular flexibility index (Phi) is 13.7. The number of ether oxygens (including phenoxy) is 1. The molecule has 1 atom stereocenters. The number of carbonyl (C=O) groups is 2. The summed E-state index contributed by atoms with van der Waals surface area (Å²) in [6.45, 7) is 10.5. The van der Waals surface area contributed by atoms with Crippen LogP contribution in [-0.2, 0) is 14.3 Å². The molecule has 22 heavy (non-hydrogen) atoms. The molecule has 0 aromatic carbocycles. The molecule has 0 radical (unpaired) electrons. The van der Waals surface area contributed by atoms with Crippen molar-refractivity contribution < 1.29 is 35.0 Å². The molecule has 1 unspecified atom stereocenters. The minimum absolute atomic E-state index is 0.185. The van der Waals surface area contributed by atoms with Crippen molar-refractivity contribution in [1.82, 2.24) is 0 Å². The standard InChI is InChI=1S/C11H25NO2.C4H4O4/c1-5-6-7-14-9-10(13)8-12-11(2,3)4;5-3(6)1-2-4(7)8/h10,12-13H,5-9H2,1-4H3;1-2H,(H,5,6)(H,7,8)/b;2-1+. The van der Waals surface area contributed by atoms with Gasteiger partial charge in [-0.15, -0.1) is 0 Å². The van der Waals surface area contributed by atoms with E-state index >= 15 is 0 Å². The Morgan fingerprint density at radius 1 is 1.32 bits per heavy atom. The predicted molar refractivity (Wildman–Crippen MR) is 80.1 cm³/mol. The lowest BCUT2D eigenvalue weighted by molar-refractivity contribution is -0.722. The SMILES string of the molecule is CCCCOCC(O)C[NH2+]C(C)(C)C.O=C([O-])/C=C/C(=O)O. The summed E-state index contributed by atoms with van der Waals surface area (Å²) in [5, 5.41) is 28.9. The Morgan fingerprint density at radius 3 is 2.27 bits per heavy atom. The van der Waals surface area contributed by atoms with Gasteiger partial charge in [0.05, 0.1) is 18.1 Å². The molecule has 0 saturated carbocycles. The van der Waals surface area contributed by atoms with E-state index in [9.17, 15) is 19.8 Å². The van der Waals surface area contributed by atoms with Crippen molar-refractivity contribution in [2.75, 3.05) is 19.8 Å². The van der Waals surface area contributed by atoms with E-state index in [-0.39, 0.29) is 11.6 Å². The summed E-state index contributed by atoms with van der Waals surface area (Å²) in [6.07, 6.45) is 2.82. The third-order valence-electron chi connectivity index (χ3n) is 2.32. The molecule has 130 valence electrons. The van der Waals surface area contributed by atoms with Gasteiger partial charge in [0.15, 0.2) is 0 Å². The second-order valence-corrected chi connectivity index (χ2v) is 5.88. The normalized spacial score (nSPS) is 12.6. The topological polar surface area (TPSA) is 124 Å². The van der Waals surface area contributed by atoms with Crippen molar-refractivity contribution >= 4 is 11.9 Å². The first-order chi connectivity index (χ1) is 10.1. The molecule has 7 heteroatoms. The van der Waals surface area contributed by atoms with Crippen molar-refractivity contribution in [2.24, 2.45) is 0 Å². The van der Waals surface area contributed by atoms with Crippen LogP contribution in [0.3, 0.4) is 0 Å². The molecule has 0 amide bonds. The highest BCUT2D eigenvalue weighted by molar-refractivity contribution is 5.88. The first-order valence-corrected chi connectivity index (χ1v) is 7.30. The van der Waals surface area contributed by atoms with Gasteiger partial charge in [0.2, 0.25) is 0 Å². The molecule has 0 spiro atoms. The number of aliphatic carboxylic acids is 2. The number of aliphatic hydroxyl groups is 1. The van der Waals surface area contributed by atoms with E-state index in [1.807, 2.05) is 0 Å². The van der Waals surface area contributed by atoms with E-state index in [1.54, 1.807) is 0 Å². The highest BCUT2D eigenvalue weighted by atomic mass is 16.5. The third-order valence-corrected chi connectivity index (χ3v) is 2.32. The van der Waals surface area contributed by atoms with Crippen LogP contribution in [0.15, 0.2) is 12.2 Å². The Morgan fingerprint density at radius 2 is 1.91 bits per heavy atom. The highest BCUT2D eigenvalue weighted by Crippen LogP contribution is 1.91. The minimum atomic E-state index is -1.51. The summed E-state index contributed by atoms with van der Waals surface area (Å²) in [4.78, 5) is 19.0. The summed E-state index contributed by atoms with van der Waals surface area (Å²) in [5.41, 5.74) is 0.185. The molecule has 0 fully saturated rings. The van der Waals surface area contributed by atoms with Crippen molar-refractivity contribution in [3.8, 4) is 0 Å². The van der Waals surface area contributed by atoms with Gasteiger partial charge < -0.3 is 30.2 Å². The van der Waals surface area contributed by atoms with E-state index in [1.165, 1.54) is 0 Å².